The van der Waals surface area contributed by atoms with Gasteiger partial charge < -0.3 is 34.9 Å². The summed E-state index contributed by atoms with van der Waals surface area (Å²) in [7, 11) is -1.88. The summed E-state index contributed by atoms with van der Waals surface area (Å²) in [4.78, 5) is 2.35. The molecular weight excluding hydrogens is 277 g/mol. The summed E-state index contributed by atoms with van der Waals surface area (Å²) in [5.74, 6) is 0. The standard InChI is InChI=1S/C10H23NO.C3H9BO5/c1-3-5-7-11(9-10-12)8-6-4-2;5-1-3(6)2-9-4(7)8/h12H,3-10H2,1-2H3;3,5-8H,1-2H2. The lowest BCUT2D eigenvalue weighted by Crippen LogP contribution is -2.28. The Hall–Kier alpha value is -0.215. The monoisotopic (exact) mass is 309 g/mol. The average molecular weight is 309 g/mol. The third-order valence-electron chi connectivity index (χ3n) is 2.72. The molecule has 0 aliphatic heterocycles. The molecule has 0 aliphatic rings. The maximum absolute atomic E-state index is 8.79. The van der Waals surface area contributed by atoms with Crippen LogP contribution in [0.25, 0.3) is 0 Å². The predicted octanol–water partition coefficient (Wildman–Crippen LogP) is -0.793. The second-order valence-corrected chi connectivity index (χ2v) is 4.77. The number of rotatable bonds is 12. The van der Waals surface area contributed by atoms with Crippen molar-refractivity contribution in [1.29, 1.82) is 0 Å². The van der Waals surface area contributed by atoms with Crippen molar-refractivity contribution < 1.29 is 30.0 Å². The Morgan fingerprint density at radius 1 is 1.00 bits per heavy atom. The van der Waals surface area contributed by atoms with E-state index in [9.17, 15) is 0 Å². The van der Waals surface area contributed by atoms with Gasteiger partial charge >= 0.3 is 7.32 Å². The van der Waals surface area contributed by atoms with Crippen LogP contribution in [0.1, 0.15) is 39.5 Å². The second kappa shape index (κ2) is 17.8. The highest BCUT2D eigenvalue weighted by Gasteiger charge is 2.10. The van der Waals surface area contributed by atoms with Crippen LogP contribution >= 0.6 is 0 Å². The molecule has 21 heavy (non-hydrogen) atoms. The summed E-state index contributed by atoms with van der Waals surface area (Å²) >= 11 is 0. The van der Waals surface area contributed by atoms with Crippen molar-refractivity contribution in [2.24, 2.45) is 0 Å². The molecule has 0 amide bonds. The molecule has 0 radical (unpaired) electrons. The maximum atomic E-state index is 8.79. The van der Waals surface area contributed by atoms with E-state index in [0.717, 1.165) is 19.6 Å². The molecule has 8 heteroatoms. The summed E-state index contributed by atoms with van der Waals surface area (Å²) in [5.41, 5.74) is 0. The summed E-state index contributed by atoms with van der Waals surface area (Å²) in [5, 5.41) is 41.5. The predicted molar refractivity (Wildman–Crippen MR) is 82.6 cm³/mol. The van der Waals surface area contributed by atoms with Gasteiger partial charge in [0.1, 0.15) is 0 Å². The van der Waals surface area contributed by atoms with Gasteiger partial charge in [0.25, 0.3) is 0 Å². The van der Waals surface area contributed by atoms with Crippen molar-refractivity contribution in [3.8, 4) is 0 Å². The molecule has 0 saturated heterocycles. The topological polar surface area (TPSA) is 114 Å². The molecular formula is C13H32BNO6. The highest BCUT2D eigenvalue weighted by molar-refractivity contribution is 6.32. The molecule has 1 atom stereocenters. The fourth-order valence-electron chi connectivity index (χ4n) is 1.49. The minimum atomic E-state index is -1.88. The zero-order valence-corrected chi connectivity index (χ0v) is 13.3. The van der Waals surface area contributed by atoms with E-state index >= 15 is 0 Å². The zero-order valence-electron chi connectivity index (χ0n) is 13.3. The van der Waals surface area contributed by atoms with Crippen LogP contribution < -0.4 is 0 Å². The minimum absolute atomic E-state index is 0.284. The molecule has 1 unspecified atom stereocenters. The molecule has 0 aromatic heterocycles. The lowest BCUT2D eigenvalue weighted by molar-refractivity contribution is 0.0362. The Morgan fingerprint density at radius 3 is 1.86 bits per heavy atom. The summed E-state index contributed by atoms with van der Waals surface area (Å²) in [6, 6.07) is 0. The number of aliphatic hydroxyl groups excluding tert-OH is 3. The molecule has 0 aromatic carbocycles. The van der Waals surface area contributed by atoms with E-state index in [1.54, 1.807) is 0 Å². The van der Waals surface area contributed by atoms with Crippen molar-refractivity contribution in [2.75, 3.05) is 39.5 Å². The summed E-state index contributed by atoms with van der Waals surface area (Å²) in [6.45, 7) is 7.12. The molecule has 0 rings (SSSR count). The van der Waals surface area contributed by atoms with Crippen LogP contribution in [0, 0.1) is 0 Å². The number of aliphatic hydroxyl groups is 3. The van der Waals surface area contributed by atoms with Crippen LogP contribution in [0.2, 0.25) is 0 Å². The molecule has 0 aromatic rings. The first-order chi connectivity index (χ1) is 10.0. The van der Waals surface area contributed by atoms with E-state index in [1.165, 1.54) is 25.7 Å². The number of hydrogen-bond acceptors (Lipinski definition) is 7. The minimum Gasteiger partial charge on any atom is -0.402 e. The van der Waals surface area contributed by atoms with Gasteiger partial charge in [-0.2, -0.15) is 0 Å². The Morgan fingerprint density at radius 2 is 1.52 bits per heavy atom. The van der Waals surface area contributed by atoms with Gasteiger partial charge in [-0.25, -0.2) is 0 Å². The SMILES string of the molecule is CCCCN(CCO)CCCC.OCC(O)COB(O)O. The fourth-order valence-corrected chi connectivity index (χ4v) is 1.49. The Balaban J connectivity index is 0. The van der Waals surface area contributed by atoms with Crippen molar-refractivity contribution >= 4 is 7.32 Å². The largest absolute Gasteiger partial charge is 0.633 e. The highest BCUT2D eigenvalue weighted by Crippen LogP contribution is 1.97. The number of nitrogens with zero attached hydrogens (tertiary/aromatic N) is 1. The molecule has 0 bridgehead atoms. The average Bonchev–Trinajstić information content (AvgIpc) is 2.48. The van der Waals surface area contributed by atoms with Gasteiger partial charge in [0.15, 0.2) is 0 Å². The molecule has 128 valence electrons. The van der Waals surface area contributed by atoms with E-state index < -0.39 is 20.0 Å². The van der Waals surface area contributed by atoms with Crippen LogP contribution in [0.4, 0.5) is 0 Å². The van der Waals surface area contributed by atoms with Gasteiger partial charge in [-0.3, -0.25) is 0 Å². The Labute approximate surface area is 128 Å². The number of hydrogen-bond donors (Lipinski definition) is 5. The van der Waals surface area contributed by atoms with Crippen LogP contribution in [0.15, 0.2) is 0 Å². The van der Waals surface area contributed by atoms with Crippen LogP contribution in [-0.2, 0) is 4.65 Å². The van der Waals surface area contributed by atoms with Crippen molar-refractivity contribution in [3.05, 3.63) is 0 Å². The molecule has 0 saturated carbocycles. The first kappa shape index (κ1) is 23.1. The van der Waals surface area contributed by atoms with E-state index in [-0.39, 0.29) is 6.61 Å². The van der Waals surface area contributed by atoms with Crippen LogP contribution in [-0.4, -0.2) is 83.1 Å². The van der Waals surface area contributed by atoms with Crippen molar-refractivity contribution in [3.63, 3.8) is 0 Å². The summed E-state index contributed by atoms with van der Waals surface area (Å²) in [6.07, 6.45) is 3.95. The smallest absolute Gasteiger partial charge is 0.402 e. The quantitative estimate of drug-likeness (QED) is 0.300. The zero-order chi connectivity index (χ0) is 16.5. The lowest BCUT2D eigenvalue weighted by atomic mass is 10.2. The van der Waals surface area contributed by atoms with Crippen LogP contribution in [0.5, 0.6) is 0 Å². The lowest BCUT2D eigenvalue weighted by Gasteiger charge is -2.20. The van der Waals surface area contributed by atoms with Gasteiger partial charge in [0, 0.05) is 6.54 Å². The molecule has 5 N–H and O–H groups in total. The van der Waals surface area contributed by atoms with Gasteiger partial charge in [0.2, 0.25) is 0 Å². The molecule has 0 aliphatic carbocycles. The van der Waals surface area contributed by atoms with E-state index in [4.69, 9.17) is 25.4 Å². The Bertz CT molecular complexity index is 192. The van der Waals surface area contributed by atoms with E-state index in [0.29, 0.717) is 6.61 Å². The van der Waals surface area contributed by atoms with E-state index in [2.05, 4.69) is 23.4 Å². The molecule has 0 spiro atoms. The fraction of sp³-hybridized carbons (Fsp3) is 1.00. The van der Waals surface area contributed by atoms with Gasteiger partial charge in [-0.05, 0) is 25.9 Å². The van der Waals surface area contributed by atoms with Crippen molar-refractivity contribution in [2.45, 2.75) is 45.6 Å². The molecule has 0 heterocycles. The highest BCUT2D eigenvalue weighted by atomic mass is 16.6. The first-order valence-electron chi connectivity index (χ1n) is 7.61. The maximum Gasteiger partial charge on any atom is 0.633 e. The number of unbranched alkanes of at least 4 members (excludes halogenated alkanes) is 2. The normalized spacial score (nSPS) is 12.0. The van der Waals surface area contributed by atoms with Gasteiger partial charge in [0.05, 0.1) is 25.9 Å². The van der Waals surface area contributed by atoms with Gasteiger partial charge in [-0.15, -0.1) is 0 Å². The third-order valence-corrected chi connectivity index (χ3v) is 2.72. The van der Waals surface area contributed by atoms with E-state index in [1.807, 2.05) is 0 Å². The second-order valence-electron chi connectivity index (χ2n) is 4.77. The third kappa shape index (κ3) is 19.8. The summed E-state index contributed by atoms with van der Waals surface area (Å²) < 4.78 is 4.10. The van der Waals surface area contributed by atoms with Crippen LogP contribution in [0.3, 0.4) is 0 Å². The van der Waals surface area contributed by atoms with Crippen molar-refractivity contribution in [1.82, 2.24) is 4.90 Å². The first-order valence-corrected chi connectivity index (χ1v) is 7.61. The Kier molecular flexibility index (Phi) is 19.6. The molecule has 0 fully saturated rings. The van der Waals surface area contributed by atoms with Gasteiger partial charge in [-0.1, -0.05) is 26.7 Å². The molecule has 7 nitrogen and oxygen atoms in total.